The fraction of sp³-hybridized carbons (Fsp3) is 0.524. The van der Waals surface area contributed by atoms with Crippen molar-refractivity contribution in [1.29, 1.82) is 0 Å². The second-order valence-electron chi connectivity index (χ2n) is 7.05. The molecule has 27 heavy (non-hydrogen) atoms. The molecule has 2 aromatic rings. The predicted molar refractivity (Wildman–Crippen MR) is 110 cm³/mol. The Morgan fingerprint density at radius 2 is 1.96 bits per heavy atom. The van der Waals surface area contributed by atoms with E-state index < -0.39 is 0 Å². The Morgan fingerprint density at radius 1 is 1.22 bits per heavy atom. The number of nitrogens with one attached hydrogen (secondary N) is 2. The number of guanidine groups is 1. The van der Waals surface area contributed by atoms with Gasteiger partial charge in [-0.1, -0.05) is 23.4 Å². The Balaban J connectivity index is 1.51. The summed E-state index contributed by atoms with van der Waals surface area (Å²) in [6, 6.07) is 11.1. The molecule has 1 aromatic heterocycles. The van der Waals surface area contributed by atoms with Crippen LogP contribution in [0, 0.1) is 13.8 Å². The lowest BCUT2D eigenvalue weighted by atomic mass is 10.0. The van der Waals surface area contributed by atoms with Gasteiger partial charge in [0.25, 0.3) is 0 Å². The van der Waals surface area contributed by atoms with Gasteiger partial charge in [-0.3, -0.25) is 4.99 Å². The first-order chi connectivity index (χ1) is 13.2. The summed E-state index contributed by atoms with van der Waals surface area (Å²) < 4.78 is 5.23. The number of benzene rings is 1. The molecule has 3 rings (SSSR count). The fourth-order valence-electron chi connectivity index (χ4n) is 3.57. The van der Waals surface area contributed by atoms with Gasteiger partial charge in [0.2, 0.25) is 0 Å². The van der Waals surface area contributed by atoms with Crippen molar-refractivity contribution >= 4 is 11.6 Å². The quantitative estimate of drug-likeness (QED) is 0.605. The highest BCUT2D eigenvalue weighted by Gasteiger charge is 2.20. The van der Waals surface area contributed by atoms with Gasteiger partial charge < -0.3 is 20.1 Å². The summed E-state index contributed by atoms with van der Waals surface area (Å²) in [5, 5.41) is 11.0. The molecule has 0 unspecified atom stereocenters. The molecule has 1 aliphatic rings. The van der Waals surface area contributed by atoms with E-state index in [-0.39, 0.29) is 0 Å². The van der Waals surface area contributed by atoms with Crippen molar-refractivity contribution < 1.29 is 4.52 Å². The van der Waals surface area contributed by atoms with E-state index in [2.05, 4.69) is 57.9 Å². The maximum atomic E-state index is 5.23. The van der Waals surface area contributed by atoms with Crippen molar-refractivity contribution in [3.8, 4) is 0 Å². The number of aliphatic imine (C=N–C) groups is 1. The summed E-state index contributed by atoms with van der Waals surface area (Å²) in [5.74, 6) is 1.80. The molecule has 0 amide bonds. The Hall–Kier alpha value is -2.50. The number of aromatic nitrogens is 1. The van der Waals surface area contributed by atoms with Gasteiger partial charge in [-0.2, -0.15) is 0 Å². The first kappa shape index (κ1) is 19.3. The Labute approximate surface area is 162 Å². The summed E-state index contributed by atoms with van der Waals surface area (Å²) >= 11 is 0. The maximum Gasteiger partial charge on any atom is 0.191 e. The van der Waals surface area contributed by atoms with Crippen molar-refractivity contribution in [3.05, 3.63) is 47.3 Å². The molecular weight excluding hydrogens is 338 g/mol. The van der Waals surface area contributed by atoms with E-state index in [1.54, 1.807) is 0 Å². The molecule has 0 saturated carbocycles. The molecule has 1 saturated heterocycles. The van der Waals surface area contributed by atoms with Crippen LogP contribution in [0.25, 0.3) is 0 Å². The largest absolute Gasteiger partial charge is 0.371 e. The zero-order valence-electron chi connectivity index (χ0n) is 16.7. The summed E-state index contributed by atoms with van der Waals surface area (Å²) in [6.07, 6.45) is 3.08. The van der Waals surface area contributed by atoms with Gasteiger partial charge in [0.05, 0.1) is 5.69 Å². The molecule has 0 spiro atoms. The van der Waals surface area contributed by atoms with E-state index in [1.807, 2.05) is 13.8 Å². The zero-order valence-corrected chi connectivity index (χ0v) is 16.7. The van der Waals surface area contributed by atoms with E-state index >= 15 is 0 Å². The third-order valence-electron chi connectivity index (χ3n) is 5.11. The number of hydrogen-bond donors (Lipinski definition) is 2. The molecule has 2 N–H and O–H groups in total. The number of piperidine rings is 1. The minimum atomic E-state index is 0.460. The van der Waals surface area contributed by atoms with Crippen molar-refractivity contribution in [2.45, 2.75) is 46.1 Å². The second kappa shape index (κ2) is 9.44. The van der Waals surface area contributed by atoms with Crippen LogP contribution in [0.5, 0.6) is 0 Å². The number of hydrogen-bond acceptors (Lipinski definition) is 4. The van der Waals surface area contributed by atoms with Crippen LogP contribution in [0.15, 0.2) is 39.8 Å². The van der Waals surface area contributed by atoms with Crippen molar-refractivity contribution in [1.82, 2.24) is 15.8 Å². The normalized spacial score (nSPS) is 15.8. The summed E-state index contributed by atoms with van der Waals surface area (Å²) in [6.45, 7) is 9.77. The van der Waals surface area contributed by atoms with Crippen molar-refractivity contribution in [2.24, 2.45) is 4.99 Å². The number of nitrogens with zero attached hydrogens (tertiary/aromatic N) is 3. The molecule has 6 heteroatoms. The van der Waals surface area contributed by atoms with Gasteiger partial charge in [-0.05, 0) is 52.2 Å². The lowest BCUT2D eigenvalue weighted by Gasteiger charge is -2.34. The highest BCUT2D eigenvalue weighted by Crippen LogP contribution is 2.19. The summed E-state index contributed by atoms with van der Waals surface area (Å²) in [4.78, 5) is 7.21. The predicted octanol–water partition coefficient (Wildman–Crippen LogP) is 3.06. The van der Waals surface area contributed by atoms with Gasteiger partial charge in [0.1, 0.15) is 5.76 Å². The molecular formula is C21H31N5O. The Bertz CT molecular complexity index is 713. The lowest BCUT2D eigenvalue weighted by Crippen LogP contribution is -2.48. The third kappa shape index (κ3) is 5.25. The van der Waals surface area contributed by atoms with Crippen LogP contribution in [0.2, 0.25) is 0 Å². The number of rotatable bonds is 6. The first-order valence-electron chi connectivity index (χ1n) is 9.94. The second-order valence-corrected chi connectivity index (χ2v) is 7.05. The van der Waals surface area contributed by atoms with Gasteiger partial charge in [0.15, 0.2) is 5.96 Å². The van der Waals surface area contributed by atoms with Gasteiger partial charge >= 0.3 is 0 Å². The first-order valence-corrected chi connectivity index (χ1v) is 9.94. The van der Waals surface area contributed by atoms with Crippen LogP contribution in [-0.4, -0.2) is 43.3 Å². The SMILES string of the molecule is CCNC(=NCCc1c(C)noc1C)NC1CCN(c2ccccc2)CC1. The molecule has 1 aliphatic heterocycles. The molecule has 146 valence electrons. The Morgan fingerprint density at radius 3 is 2.59 bits per heavy atom. The number of para-hydroxylation sites is 1. The minimum Gasteiger partial charge on any atom is -0.371 e. The molecule has 0 radical (unpaired) electrons. The average Bonchev–Trinajstić information content (AvgIpc) is 3.01. The maximum absolute atomic E-state index is 5.23. The summed E-state index contributed by atoms with van der Waals surface area (Å²) in [7, 11) is 0. The van der Waals surface area contributed by atoms with Gasteiger partial charge in [0, 0.05) is 43.5 Å². The van der Waals surface area contributed by atoms with Crippen molar-refractivity contribution in [2.75, 3.05) is 31.1 Å². The van der Waals surface area contributed by atoms with E-state index in [9.17, 15) is 0 Å². The topological polar surface area (TPSA) is 65.7 Å². The van der Waals surface area contributed by atoms with Crippen LogP contribution in [-0.2, 0) is 6.42 Å². The third-order valence-corrected chi connectivity index (χ3v) is 5.11. The van der Waals surface area contributed by atoms with Crippen LogP contribution in [0.3, 0.4) is 0 Å². The molecule has 2 heterocycles. The minimum absolute atomic E-state index is 0.460. The lowest BCUT2D eigenvalue weighted by molar-refractivity contribution is 0.392. The smallest absolute Gasteiger partial charge is 0.191 e. The van der Waals surface area contributed by atoms with Crippen LogP contribution >= 0.6 is 0 Å². The standard InChI is InChI=1S/C21H31N5O/c1-4-22-21(23-13-10-20-16(2)25-27-17(20)3)24-18-11-14-26(15-12-18)19-8-6-5-7-9-19/h5-9,18H,4,10-15H2,1-3H3,(H2,22,23,24). The molecule has 1 fully saturated rings. The Kier molecular flexibility index (Phi) is 6.74. The highest BCUT2D eigenvalue weighted by atomic mass is 16.5. The average molecular weight is 370 g/mol. The molecule has 0 atom stereocenters. The molecule has 0 bridgehead atoms. The molecule has 1 aromatic carbocycles. The van der Waals surface area contributed by atoms with Crippen LogP contribution in [0.4, 0.5) is 5.69 Å². The van der Waals surface area contributed by atoms with Gasteiger partial charge in [-0.25, -0.2) is 0 Å². The fourth-order valence-corrected chi connectivity index (χ4v) is 3.57. The number of aryl methyl sites for hydroxylation is 2. The zero-order chi connectivity index (χ0) is 19.1. The van der Waals surface area contributed by atoms with Crippen LogP contribution in [0.1, 0.15) is 36.8 Å². The van der Waals surface area contributed by atoms with E-state index in [0.29, 0.717) is 6.04 Å². The van der Waals surface area contributed by atoms with Crippen molar-refractivity contribution in [3.63, 3.8) is 0 Å². The monoisotopic (exact) mass is 369 g/mol. The number of anilines is 1. The summed E-state index contributed by atoms with van der Waals surface area (Å²) in [5.41, 5.74) is 3.45. The van der Waals surface area contributed by atoms with E-state index in [4.69, 9.17) is 9.52 Å². The van der Waals surface area contributed by atoms with Gasteiger partial charge in [-0.15, -0.1) is 0 Å². The van der Waals surface area contributed by atoms with E-state index in [0.717, 1.165) is 62.9 Å². The molecule has 0 aliphatic carbocycles. The highest BCUT2D eigenvalue weighted by molar-refractivity contribution is 5.80. The molecule has 6 nitrogen and oxygen atoms in total. The van der Waals surface area contributed by atoms with Crippen LogP contribution < -0.4 is 15.5 Å². The van der Waals surface area contributed by atoms with E-state index in [1.165, 1.54) is 11.3 Å².